The van der Waals surface area contributed by atoms with Gasteiger partial charge in [-0.2, -0.15) is 5.10 Å². The molecule has 10 heteroatoms. The molecule has 0 atom stereocenters. The van der Waals surface area contributed by atoms with E-state index >= 15 is 0 Å². The Bertz CT molecular complexity index is 1330. The highest BCUT2D eigenvalue weighted by Gasteiger charge is 2.13. The van der Waals surface area contributed by atoms with Crippen LogP contribution in [-0.4, -0.2) is 28.2 Å². The Balaban J connectivity index is 1.63. The minimum Gasteiger partial charge on any atom is -0.287 e. The number of thioether (sulfide) groups is 1. The first-order valence-corrected chi connectivity index (χ1v) is 11.7. The number of benzene rings is 2. The number of aromatic nitrogens is 4. The van der Waals surface area contributed by atoms with E-state index in [0.29, 0.717) is 34.8 Å². The fraction of sp³-hybridized carbons (Fsp3) is 0.150. The highest BCUT2D eigenvalue weighted by molar-refractivity contribution is 7.98. The molecule has 154 valence electrons. The van der Waals surface area contributed by atoms with Crippen LogP contribution < -0.4 is 10.7 Å². The summed E-state index contributed by atoms with van der Waals surface area (Å²) < 4.78 is 24.5. The van der Waals surface area contributed by atoms with Crippen LogP contribution in [0.1, 0.15) is 11.3 Å². The van der Waals surface area contributed by atoms with Gasteiger partial charge in [-0.15, -0.1) is 0 Å². The smallest absolute Gasteiger partial charge is 0.262 e. The molecule has 30 heavy (non-hydrogen) atoms. The Morgan fingerprint density at radius 3 is 2.53 bits per heavy atom. The van der Waals surface area contributed by atoms with E-state index in [4.69, 9.17) is 5.14 Å². The summed E-state index contributed by atoms with van der Waals surface area (Å²) in [5.41, 5.74) is 2.39. The molecule has 4 rings (SSSR count). The van der Waals surface area contributed by atoms with Gasteiger partial charge in [0, 0.05) is 24.2 Å². The van der Waals surface area contributed by atoms with Crippen LogP contribution in [0.3, 0.4) is 0 Å². The van der Waals surface area contributed by atoms with Crippen LogP contribution in [0.2, 0.25) is 0 Å². The van der Waals surface area contributed by atoms with Gasteiger partial charge in [0.15, 0.2) is 5.16 Å². The van der Waals surface area contributed by atoms with E-state index in [9.17, 15) is 13.2 Å². The zero-order valence-electron chi connectivity index (χ0n) is 15.9. The van der Waals surface area contributed by atoms with Crippen LogP contribution in [0.5, 0.6) is 0 Å². The summed E-state index contributed by atoms with van der Waals surface area (Å²) >= 11 is 1.46. The number of hydrogen-bond acceptors (Lipinski definition) is 6. The summed E-state index contributed by atoms with van der Waals surface area (Å²) in [4.78, 5) is 17.9. The maximum Gasteiger partial charge on any atom is 0.262 e. The number of hydrogen-bond donors (Lipinski definition) is 2. The molecule has 0 aliphatic heterocycles. The highest BCUT2D eigenvalue weighted by Crippen LogP contribution is 2.22. The molecule has 2 aromatic heterocycles. The summed E-state index contributed by atoms with van der Waals surface area (Å²) in [6, 6.07) is 15.5. The van der Waals surface area contributed by atoms with Crippen molar-refractivity contribution < 1.29 is 8.42 Å². The molecule has 2 aromatic carbocycles. The molecule has 0 unspecified atom stereocenters. The monoisotopic (exact) mass is 441 g/mol. The fourth-order valence-corrected chi connectivity index (χ4v) is 4.50. The number of aryl methyl sites for hydroxylation is 1. The minimum absolute atomic E-state index is 0.0617. The largest absolute Gasteiger partial charge is 0.287 e. The molecule has 0 fully saturated rings. The van der Waals surface area contributed by atoms with Gasteiger partial charge in [0.1, 0.15) is 0 Å². The molecule has 0 saturated heterocycles. The molecule has 0 bridgehead atoms. The van der Waals surface area contributed by atoms with Crippen LogP contribution >= 0.6 is 11.8 Å². The van der Waals surface area contributed by atoms with Gasteiger partial charge in [0.25, 0.3) is 5.56 Å². The van der Waals surface area contributed by atoms with Gasteiger partial charge in [-0.3, -0.25) is 14.5 Å². The molecule has 0 saturated carbocycles. The maximum absolute atomic E-state index is 13.1. The van der Waals surface area contributed by atoms with Gasteiger partial charge >= 0.3 is 0 Å². The summed E-state index contributed by atoms with van der Waals surface area (Å²) in [5, 5.41) is 13.2. The minimum atomic E-state index is -3.73. The Morgan fingerprint density at radius 1 is 1.07 bits per heavy atom. The summed E-state index contributed by atoms with van der Waals surface area (Å²) in [5.74, 6) is 0.605. The second-order valence-corrected chi connectivity index (χ2v) is 9.18. The average molecular weight is 442 g/mol. The van der Waals surface area contributed by atoms with E-state index in [1.165, 1.54) is 23.9 Å². The Labute approximate surface area is 177 Å². The molecule has 0 spiro atoms. The van der Waals surface area contributed by atoms with E-state index in [2.05, 4.69) is 15.2 Å². The van der Waals surface area contributed by atoms with Gasteiger partial charge in [-0.25, -0.2) is 18.5 Å². The summed E-state index contributed by atoms with van der Waals surface area (Å²) in [6.45, 7) is 0.413. The number of nitrogens with one attached hydrogen (secondary N) is 1. The van der Waals surface area contributed by atoms with Crippen LogP contribution in [0.15, 0.2) is 75.6 Å². The van der Waals surface area contributed by atoms with E-state index in [-0.39, 0.29) is 10.5 Å². The number of fused-ring (bicyclic) bond motifs is 1. The normalized spacial score (nSPS) is 11.8. The van der Waals surface area contributed by atoms with Gasteiger partial charge in [-0.1, -0.05) is 36.0 Å². The number of sulfonamides is 1. The fourth-order valence-electron chi connectivity index (χ4n) is 3.05. The van der Waals surface area contributed by atoms with Gasteiger partial charge in [0.05, 0.1) is 15.8 Å². The van der Waals surface area contributed by atoms with Crippen molar-refractivity contribution >= 4 is 32.7 Å². The molecule has 4 aromatic rings. The number of primary sulfonamides is 1. The van der Waals surface area contributed by atoms with Crippen molar-refractivity contribution in [2.45, 2.75) is 28.8 Å². The number of aromatic amines is 1. The molecular weight excluding hydrogens is 422 g/mol. The van der Waals surface area contributed by atoms with Crippen LogP contribution in [0, 0.1) is 0 Å². The van der Waals surface area contributed by atoms with Crippen molar-refractivity contribution in [3.63, 3.8) is 0 Å². The van der Waals surface area contributed by atoms with Crippen molar-refractivity contribution in [2.75, 3.05) is 0 Å². The first-order chi connectivity index (χ1) is 14.4. The third-order valence-corrected chi connectivity index (χ3v) is 6.57. The zero-order valence-corrected chi connectivity index (χ0v) is 17.5. The topological polar surface area (TPSA) is 124 Å². The van der Waals surface area contributed by atoms with Gasteiger partial charge in [-0.05, 0) is 42.3 Å². The van der Waals surface area contributed by atoms with Crippen molar-refractivity contribution in [3.05, 3.63) is 82.4 Å². The zero-order chi connectivity index (χ0) is 21.1. The second-order valence-electron chi connectivity index (χ2n) is 6.68. The lowest BCUT2D eigenvalue weighted by atomic mass is 10.1. The predicted octanol–water partition coefficient (Wildman–Crippen LogP) is 2.30. The molecule has 3 N–H and O–H groups in total. The van der Waals surface area contributed by atoms with Gasteiger partial charge in [0.2, 0.25) is 10.0 Å². The van der Waals surface area contributed by atoms with Crippen LogP contribution in [0.4, 0.5) is 0 Å². The third-order valence-electron chi connectivity index (χ3n) is 4.62. The summed E-state index contributed by atoms with van der Waals surface area (Å²) in [7, 11) is -3.73. The van der Waals surface area contributed by atoms with E-state index in [1.807, 2.05) is 24.3 Å². The average Bonchev–Trinajstić information content (AvgIpc) is 3.25. The molecule has 0 amide bonds. The maximum atomic E-state index is 13.1. The molecule has 0 aliphatic rings. The van der Waals surface area contributed by atoms with Crippen molar-refractivity contribution in [3.8, 4) is 0 Å². The molecule has 2 heterocycles. The van der Waals surface area contributed by atoms with Crippen molar-refractivity contribution in [1.29, 1.82) is 0 Å². The van der Waals surface area contributed by atoms with Crippen LogP contribution in [0.25, 0.3) is 10.9 Å². The van der Waals surface area contributed by atoms with Crippen molar-refractivity contribution in [1.82, 2.24) is 19.7 Å². The lowest BCUT2D eigenvalue weighted by molar-refractivity contribution is 0.594. The number of H-pyrrole nitrogens is 1. The Hall–Kier alpha value is -2.95. The first kappa shape index (κ1) is 20.3. The lowest BCUT2D eigenvalue weighted by Crippen LogP contribution is -2.24. The molecule has 8 nitrogen and oxygen atoms in total. The first-order valence-electron chi connectivity index (χ1n) is 9.14. The van der Waals surface area contributed by atoms with Crippen LogP contribution in [-0.2, 0) is 28.7 Å². The third kappa shape index (κ3) is 4.45. The Kier molecular flexibility index (Phi) is 5.71. The number of nitrogens with zero attached hydrogens (tertiary/aromatic N) is 3. The number of nitrogens with two attached hydrogens (primary N) is 1. The Morgan fingerprint density at radius 2 is 1.83 bits per heavy atom. The number of para-hydroxylation sites is 1. The molecule has 0 radical (unpaired) electrons. The molecule has 0 aliphatic carbocycles. The lowest BCUT2D eigenvalue weighted by Gasteiger charge is -2.13. The predicted molar refractivity (Wildman–Crippen MR) is 116 cm³/mol. The van der Waals surface area contributed by atoms with E-state index < -0.39 is 10.0 Å². The highest BCUT2D eigenvalue weighted by atomic mass is 32.2. The SMILES string of the molecule is NS(=O)(=O)c1ccc(CCn2c(SCc3ccn[nH]3)nc3ccccc3c2=O)cc1. The van der Waals surface area contributed by atoms with E-state index in [0.717, 1.165) is 11.3 Å². The van der Waals surface area contributed by atoms with Crippen molar-refractivity contribution in [2.24, 2.45) is 5.14 Å². The van der Waals surface area contributed by atoms with E-state index in [1.54, 1.807) is 29.0 Å². The quantitative estimate of drug-likeness (QED) is 0.335. The van der Waals surface area contributed by atoms with Gasteiger partial charge < -0.3 is 0 Å². The summed E-state index contributed by atoms with van der Waals surface area (Å²) in [6.07, 6.45) is 2.23. The second kappa shape index (κ2) is 8.42. The molecular formula is C20H19N5O3S2. The standard InChI is InChI=1S/C20H19N5O3S2/c21-30(27,28)16-7-5-14(6-8-16)10-12-25-19(26)17-3-1-2-4-18(17)23-20(25)29-13-15-9-11-22-24-15/h1-9,11H,10,12-13H2,(H,22,24)(H2,21,27,28). The number of rotatable bonds is 7.